The maximum absolute atomic E-state index is 11.4. The van der Waals surface area contributed by atoms with E-state index in [0.717, 1.165) is 39.0 Å². The number of hydrogen-bond donors (Lipinski definition) is 1. The summed E-state index contributed by atoms with van der Waals surface area (Å²) in [6.45, 7) is 12.3. The van der Waals surface area contributed by atoms with Gasteiger partial charge in [0.25, 0.3) is 0 Å². The minimum absolute atomic E-state index is 0.113. The highest BCUT2D eigenvalue weighted by Crippen LogP contribution is 2.30. The Hall–Kier alpha value is -1.36. The van der Waals surface area contributed by atoms with Gasteiger partial charge in [0, 0.05) is 56.7 Å². The fourth-order valence-electron chi connectivity index (χ4n) is 3.83. The predicted molar refractivity (Wildman–Crippen MR) is 96.2 cm³/mol. The highest BCUT2D eigenvalue weighted by atomic mass is 16.2. The van der Waals surface area contributed by atoms with E-state index in [4.69, 9.17) is 4.98 Å². The second-order valence-corrected chi connectivity index (χ2v) is 8.46. The van der Waals surface area contributed by atoms with Gasteiger partial charge in [-0.3, -0.25) is 4.79 Å². The third-order valence-corrected chi connectivity index (χ3v) is 5.49. The van der Waals surface area contributed by atoms with Crippen molar-refractivity contribution >= 4 is 5.91 Å². The first-order valence-corrected chi connectivity index (χ1v) is 9.41. The van der Waals surface area contributed by atoms with E-state index >= 15 is 0 Å². The highest BCUT2D eigenvalue weighted by molar-refractivity contribution is 5.73. The van der Waals surface area contributed by atoms with Crippen LogP contribution in [0.1, 0.15) is 70.8 Å². The lowest BCUT2D eigenvalue weighted by Crippen LogP contribution is -2.45. The summed E-state index contributed by atoms with van der Waals surface area (Å²) in [7, 11) is 0. The first-order valence-electron chi connectivity index (χ1n) is 9.41. The number of hydrogen-bond acceptors (Lipinski definition) is 3. The normalized spacial score (nSPS) is 22.5. The number of nitrogens with zero attached hydrogens (tertiary/aromatic N) is 3. The number of carbonyl (C=O) groups excluding carboxylic acids is 1. The van der Waals surface area contributed by atoms with Crippen molar-refractivity contribution in [1.82, 2.24) is 19.8 Å². The molecule has 1 saturated heterocycles. The molecule has 5 nitrogen and oxygen atoms in total. The van der Waals surface area contributed by atoms with E-state index < -0.39 is 0 Å². The second-order valence-electron chi connectivity index (χ2n) is 8.46. The van der Waals surface area contributed by atoms with E-state index in [1.807, 2.05) is 4.90 Å². The Morgan fingerprint density at radius 1 is 1.25 bits per heavy atom. The first kappa shape index (κ1) is 17.5. The van der Waals surface area contributed by atoms with Crippen molar-refractivity contribution in [2.45, 2.75) is 77.3 Å². The molecule has 3 heterocycles. The molecule has 0 saturated carbocycles. The molecule has 1 fully saturated rings. The molecule has 0 radical (unpaired) electrons. The van der Waals surface area contributed by atoms with Gasteiger partial charge in [-0.1, -0.05) is 20.8 Å². The largest absolute Gasteiger partial charge is 0.343 e. The molecule has 134 valence electrons. The number of imidazole rings is 1. The summed E-state index contributed by atoms with van der Waals surface area (Å²) in [6, 6.07) is 0.535. The van der Waals surface area contributed by atoms with Crippen molar-refractivity contribution < 1.29 is 4.79 Å². The number of fused-ring (bicyclic) bond motifs is 1. The van der Waals surface area contributed by atoms with Crippen LogP contribution in [0.2, 0.25) is 0 Å². The van der Waals surface area contributed by atoms with E-state index in [9.17, 15) is 4.79 Å². The first-order chi connectivity index (χ1) is 11.3. The average molecular weight is 332 g/mol. The van der Waals surface area contributed by atoms with Crippen molar-refractivity contribution in [2.75, 3.05) is 19.6 Å². The molecule has 24 heavy (non-hydrogen) atoms. The summed E-state index contributed by atoms with van der Waals surface area (Å²) in [5.41, 5.74) is 1.32. The molecule has 2 aliphatic heterocycles. The molecule has 1 N–H and O–H groups in total. The van der Waals surface area contributed by atoms with Crippen molar-refractivity contribution in [3.63, 3.8) is 0 Å². The fraction of sp³-hybridized carbons (Fsp3) is 0.789. The maximum Gasteiger partial charge on any atom is 0.219 e. The van der Waals surface area contributed by atoms with Crippen LogP contribution in [0.25, 0.3) is 0 Å². The topological polar surface area (TPSA) is 50.2 Å². The Kier molecular flexibility index (Phi) is 5.00. The molecule has 5 heteroatoms. The molecule has 0 aliphatic carbocycles. The molecule has 2 aliphatic rings. The van der Waals surface area contributed by atoms with Gasteiger partial charge in [-0.25, -0.2) is 4.98 Å². The SMILES string of the molecule is CC(=O)N1CCC(NC[C@@H]2CCCn3cc(C(C)(C)C)nc32)CC1. The van der Waals surface area contributed by atoms with E-state index in [-0.39, 0.29) is 11.3 Å². The molecule has 1 aromatic heterocycles. The van der Waals surface area contributed by atoms with Gasteiger partial charge in [-0.15, -0.1) is 0 Å². The smallest absolute Gasteiger partial charge is 0.219 e. The minimum Gasteiger partial charge on any atom is -0.343 e. The van der Waals surface area contributed by atoms with E-state index in [2.05, 4.69) is 36.9 Å². The summed E-state index contributed by atoms with van der Waals surface area (Å²) in [5.74, 6) is 1.98. The van der Waals surface area contributed by atoms with Crippen LogP contribution < -0.4 is 5.32 Å². The fourth-order valence-corrected chi connectivity index (χ4v) is 3.83. The molecular formula is C19H32N4O. The predicted octanol–water partition coefficient (Wildman–Crippen LogP) is 2.66. The van der Waals surface area contributed by atoms with Gasteiger partial charge in [0.2, 0.25) is 5.91 Å². The average Bonchev–Trinajstić information content (AvgIpc) is 2.98. The monoisotopic (exact) mass is 332 g/mol. The lowest BCUT2D eigenvalue weighted by atomic mass is 9.93. The number of aryl methyl sites for hydroxylation is 1. The van der Waals surface area contributed by atoms with E-state index in [1.165, 1.54) is 24.4 Å². The summed E-state index contributed by atoms with van der Waals surface area (Å²) in [5, 5.41) is 3.75. The summed E-state index contributed by atoms with van der Waals surface area (Å²) < 4.78 is 2.37. The molecular weight excluding hydrogens is 300 g/mol. The molecule has 0 aromatic carbocycles. The van der Waals surface area contributed by atoms with Gasteiger partial charge in [-0.05, 0) is 25.7 Å². The van der Waals surface area contributed by atoms with Gasteiger partial charge in [0.15, 0.2) is 0 Å². The summed E-state index contributed by atoms with van der Waals surface area (Å²) in [4.78, 5) is 18.4. The maximum atomic E-state index is 11.4. The molecule has 3 rings (SSSR count). The molecule has 0 unspecified atom stereocenters. The Balaban J connectivity index is 1.58. The van der Waals surface area contributed by atoms with Gasteiger partial charge in [0.05, 0.1) is 5.69 Å². The summed E-state index contributed by atoms with van der Waals surface area (Å²) >= 11 is 0. The molecule has 1 atom stereocenters. The second kappa shape index (κ2) is 6.87. The number of amides is 1. The summed E-state index contributed by atoms with van der Waals surface area (Å²) in [6.07, 6.45) is 6.84. The van der Waals surface area contributed by atoms with Crippen LogP contribution in [-0.4, -0.2) is 46.0 Å². The van der Waals surface area contributed by atoms with Crippen molar-refractivity contribution in [2.24, 2.45) is 0 Å². The zero-order valence-electron chi connectivity index (χ0n) is 15.6. The van der Waals surface area contributed by atoms with Crippen molar-refractivity contribution in [1.29, 1.82) is 0 Å². The number of carbonyl (C=O) groups is 1. The van der Waals surface area contributed by atoms with Crippen LogP contribution in [-0.2, 0) is 16.8 Å². The Morgan fingerprint density at radius 2 is 1.96 bits per heavy atom. The molecule has 0 bridgehead atoms. The van der Waals surface area contributed by atoms with Gasteiger partial charge in [-0.2, -0.15) is 0 Å². The Morgan fingerprint density at radius 3 is 2.58 bits per heavy atom. The zero-order chi connectivity index (χ0) is 17.3. The van der Waals surface area contributed by atoms with Crippen LogP contribution in [0.15, 0.2) is 6.20 Å². The van der Waals surface area contributed by atoms with Crippen molar-refractivity contribution in [3.05, 3.63) is 17.7 Å². The van der Waals surface area contributed by atoms with Crippen molar-refractivity contribution in [3.8, 4) is 0 Å². The quantitative estimate of drug-likeness (QED) is 0.926. The molecule has 1 amide bonds. The zero-order valence-corrected chi connectivity index (χ0v) is 15.6. The number of nitrogens with one attached hydrogen (secondary N) is 1. The highest BCUT2D eigenvalue weighted by Gasteiger charge is 2.28. The number of rotatable bonds is 3. The standard InChI is InChI=1S/C19H32N4O/c1-14(24)22-10-7-16(8-11-22)20-12-15-6-5-9-23-13-17(19(2,3)4)21-18(15)23/h13,15-16,20H,5-12H2,1-4H3/t15-/m0/s1. The van der Waals surface area contributed by atoms with E-state index in [0.29, 0.717) is 12.0 Å². The van der Waals surface area contributed by atoms with Crippen LogP contribution in [0.3, 0.4) is 0 Å². The number of piperidine rings is 1. The van der Waals surface area contributed by atoms with E-state index in [1.54, 1.807) is 6.92 Å². The molecule has 0 spiro atoms. The van der Waals surface area contributed by atoms with Crippen LogP contribution >= 0.6 is 0 Å². The Bertz CT molecular complexity index is 579. The third-order valence-electron chi connectivity index (χ3n) is 5.49. The minimum atomic E-state index is 0.113. The van der Waals surface area contributed by atoms with Gasteiger partial charge >= 0.3 is 0 Å². The number of aromatic nitrogens is 2. The molecule has 1 aromatic rings. The third kappa shape index (κ3) is 3.82. The number of likely N-dealkylation sites (tertiary alicyclic amines) is 1. The Labute approximate surface area is 145 Å². The lowest BCUT2D eigenvalue weighted by Gasteiger charge is -2.33. The van der Waals surface area contributed by atoms with Gasteiger partial charge < -0.3 is 14.8 Å². The van der Waals surface area contributed by atoms with Crippen LogP contribution in [0.5, 0.6) is 0 Å². The lowest BCUT2D eigenvalue weighted by molar-refractivity contribution is -0.129. The van der Waals surface area contributed by atoms with Crippen LogP contribution in [0.4, 0.5) is 0 Å². The van der Waals surface area contributed by atoms with Crippen LogP contribution in [0, 0.1) is 0 Å². The van der Waals surface area contributed by atoms with Gasteiger partial charge in [0.1, 0.15) is 5.82 Å².